The summed E-state index contributed by atoms with van der Waals surface area (Å²) in [6.07, 6.45) is -59.5. The summed E-state index contributed by atoms with van der Waals surface area (Å²) in [5.41, 5.74) is 0. The lowest BCUT2D eigenvalue weighted by atomic mass is 9.94. The minimum Gasteiger partial charge on any atom is -0.394 e. The third-order valence-corrected chi connectivity index (χ3v) is 14.7. The predicted molar refractivity (Wildman–Crippen MR) is 226 cm³/mol. The minimum absolute atomic E-state index is 0.0556. The third-order valence-electron chi connectivity index (χ3n) is 13.8. The molecular formula is C40H69O33P. The van der Waals surface area contributed by atoms with Crippen LogP contribution in [0.5, 0.6) is 0 Å². The molecule has 33 nitrogen and oxygen atoms in total. The van der Waals surface area contributed by atoms with Crippen molar-refractivity contribution < 1.29 is 163 Å². The van der Waals surface area contributed by atoms with Gasteiger partial charge in [0.1, 0.15) is 146 Å². The largest absolute Gasteiger partial charge is 0.394 e. The second-order valence-corrected chi connectivity index (χ2v) is 20.6. The predicted octanol–water partition coefficient (Wildman–Crippen LogP) is -12.1. The molecule has 22 fully saturated rings. The van der Waals surface area contributed by atoms with Gasteiger partial charge in [-0.25, -0.2) is 0 Å². The highest BCUT2D eigenvalue weighted by Gasteiger charge is 2.59. The normalized spacial score (nSPS) is 50.9. The molecule has 432 valence electrons. The molecule has 22 saturated heterocycles. The van der Waals surface area contributed by atoms with E-state index in [0.717, 1.165) is 0 Å². The van der Waals surface area contributed by atoms with E-state index in [9.17, 15) is 101 Å². The molecule has 0 unspecified atom stereocenters. The Morgan fingerprint density at radius 2 is 0.541 bits per heavy atom. The molecule has 0 aromatic carbocycles. The Morgan fingerprint density at radius 1 is 0.311 bits per heavy atom. The van der Waals surface area contributed by atoms with Gasteiger partial charge >= 0.3 is 7.60 Å². The van der Waals surface area contributed by atoms with E-state index < -0.39 is 238 Å². The highest BCUT2D eigenvalue weighted by Crippen LogP contribution is 2.39. The summed E-state index contributed by atoms with van der Waals surface area (Å²) in [6, 6.07) is 0. The van der Waals surface area contributed by atoms with Crippen LogP contribution in [0.15, 0.2) is 0 Å². The van der Waals surface area contributed by atoms with Crippen LogP contribution in [-0.4, -0.2) is 333 Å². The molecule has 0 spiro atoms. The Bertz CT molecular complexity index is 1760. The van der Waals surface area contributed by atoms with Crippen molar-refractivity contribution in [2.45, 2.75) is 197 Å². The number of rotatable bonds is 12. The van der Waals surface area contributed by atoms with Crippen molar-refractivity contribution in [1.82, 2.24) is 0 Å². The van der Waals surface area contributed by atoms with Crippen molar-refractivity contribution in [2.24, 2.45) is 0 Å². The maximum Gasteiger partial charge on any atom is 0.325 e. The van der Waals surface area contributed by atoms with Crippen LogP contribution in [0.4, 0.5) is 0 Å². The van der Waals surface area contributed by atoms with Gasteiger partial charge in [-0.3, -0.25) is 4.57 Å². The Morgan fingerprint density at radius 3 is 0.784 bits per heavy atom. The standard InChI is InChI=1S/C40H69O33P/c41-5-11-28-17(47)22(52)35(62-11)69-29-12(6-42)64-37(24(54)19(29)49)71-31-14(8-44)66-39(26(56)21(31)51)73-33-16(10-46)67-40(27(57)34(33)61-3-1-2-4-74(58,59)60)72-32-15(9-45)65-38(25(55)20(32)50)70-30-13(7-43)63-36(68-28)23(53)18(30)48/h11-57H,1-10H2,(H2,58,59,60)/t11-,12-,13-,14-,15-,16-,17-,18-,19-,20-,21-,22-,23-,24-,25-,26-,27-,28-,29-,30-,31-,32-,33+,34-,35-,36-,37-,38-,39-,40-/m1/s1. The third kappa shape index (κ3) is 12.9. The van der Waals surface area contributed by atoms with Crippen molar-refractivity contribution in [2.75, 3.05) is 52.4 Å². The molecule has 0 radical (unpaired) electrons. The van der Waals surface area contributed by atoms with Gasteiger partial charge in [-0.05, 0) is 12.8 Å². The van der Waals surface area contributed by atoms with E-state index >= 15 is 0 Å². The summed E-state index contributed by atoms with van der Waals surface area (Å²) < 4.78 is 86.5. The molecule has 0 aromatic heterocycles. The molecule has 22 aliphatic rings. The maximum absolute atomic E-state index is 11.8. The summed E-state index contributed by atoms with van der Waals surface area (Å²) in [7, 11) is -4.46. The van der Waals surface area contributed by atoms with Crippen LogP contribution in [0, 0.1) is 0 Å². The van der Waals surface area contributed by atoms with E-state index in [1.807, 2.05) is 0 Å². The van der Waals surface area contributed by atoms with Crippen molar-refractivity contribution >= 4 is 7.60 Å². The fourth-order valence-electron chi connectivity index (χ4n) is 9.74. The number of ether oxygens (including phenoxy) is 13. The second-order valence-electron chi connectivity index (χ2n) is 18.8. The quantitative estimate of drug-likeness (QED) is 0.0637. The van der Waals surface area contributed by atoms with Gasteiger partial charge in [0.15, 0.2) is 37.7 Å². The summed E-state index contributed by atoms with van der Waals surface area (Å²) in [4.78, 5) is 18.7. The van der Waals surface area contributed by atoms with Gasteiger partial charge in [-0.1, -0.05) is 0 Å². The van der Waals surface area contributed by atoms with Gasteiger partial charge in [-0.15, -0.1) is 0 Å². The van der Waals surface area contributed by atoms with Crippen molar-refractivity contribution in [1.29, 1.82) is 0 Å². The molecule has 0 aromatic rings. The zero-order valence-electron chi connectivity index (χ0n) is 39.1. The van der Waals surface area contributed by atoms with Crippen LogP contribution < -0.4 is 0 Å². The van der Waals surface area contributed by atoms with Crippen LogP contribution in [0.2, 0.25) is 0 Å². The number of hydrogen-bond donors (Lipinski definition) is 19. The summed E-state index contributed by atoms with van der Waals surface area (Å²) in [5, 5.41) is 188. The molecule has 12 bridgehead atoms. The molecule has 22 heterocycles. The number of unbranched alkanes of at least 4 members (excludes halogenated alkanes) is 1. The van der Waals surface area contributed by atoms with Crippen molar-refractivity contribution in [3.05, 3.63) is 0 Å². The van der Waals surface area contributed by atoms with Crippen molar-refractivity contribution in [3.8, 4) is 0 Å². The van der Waals surface area contributed by atoms with Gasteiger partial charge < -0.3 is 158 Å². The van der Waals surface area contributed by atoms with E-state index in [0.29, 0.717) is 0 Å². The van der Waals surface area contributed by atoms with E-state index in [2.05, 4.69) is 0 Å². The van der Waals surface area contributed by atoms with Gasteiger partial charge in [0.2, 0.25) is 0 Å². The Hall–Kier alpha value is -1.05. The summed E-state index contributed by atoms with van der Waals surface area (Å²) in [5.74, 6) is 0. The highest BCUT2D eigenvalue weighted by molar-refractivity contribution is 7.51. The number of aliphatic hydroxyl groups is 17. The maximum atomic E-state index is 11.8. The molecule has 19 N–H and O–H groups in total. The molecule has 74 heavy (non-hydrogen) atoms. The molecule has 34 heteroatoms. The van der Waals surface area contributed by atoms with Crippen molar-refractivity contribution in [3.63, 3.8) is 0 Å². The molecule has 0 aliphatic carbocycles. The van der Waals surface area contributed by atoms with Gasteiger partial charge in [-0.2, -0.15) is 0 Å². The lowest BCUT2D eigenvalue weighted by Crippen LogP contribution is -2.69. The Kier molecular flexibility index (Phi) is 21.3. The SMILES string of the molecule is O=P(O)(O)CCCCO[C@@H]1[C@@H](O)[C@H]2O[C@H]3[C@H](O)[C@@H](O)[C@@H](O[C@H]4[C@H](O)[C@@H](O)[C@@H](O[C@H]5[C@H](O)[C@@H](O)[C@@H](O[C@H]6[C@H](O)[C@@H](O)[C@@H](O[C@H]7[C@H](O)[C@@H](O)[C@@H](O[C@H]1[C@@H](CO)O2)O[C@@H]7CO)O[C@@H]6CO)O[C@@H]5CO)O[C@@H]4CO)O[C@@H]3CO. The highest BCUT2D eigenvalue weighted by atomic mass is 31.2. The monoisotopic (exact) mass is 1110 g/mol. The van der Waals surface area contributed by atoms with Gasteiger partial charge in [0, 0.05) is 12.8 Å². The Balaban J connectivity index is 1.21. The van der Waals surface area contributed by atoms with E-state index in [4.69, 9.17) is 61.6 Å². The van der Waals surface area contributed by atoms with E-state index in [1.54, 1.807) is 0 Å². The number of hydrogen-bond acceptors (Lipinski definition) is 31. The number of aliphatic hydroxyl groups excluding tert-OH is 17. The van der Waals surface area contributed by atoms with Crippen LogP contribution in [0.1, 0.15) is 12.8 Å². The van der Waals surface area contributed by atoms with Crippen LogP contribution in [-0.2, 0) is 66.1 Å². The average molecular weight is 1110 g/mol. The molecule has 22 aliphatic heterocycles. The summed E-state index contributed by atoms with van der Waals surface area (Å²) in [6.45, 7) is -6.51. The zero-order valence-corrected chi connectivity index (χ0v) is 39.9. The van der Waals surface area contributed by atoms with Crippen LogP contribution in [0.3, 0.4) is 0 Å². The van der Waals surface area contributed by atoms with E-state index in [-0.39, 0.29) is 19.4 Å². The smallest absolute Gasteiger partial charge is 0.325 e. The topological polar surface area (TPSA) is 521 Å². The zero-order chi connectivity index (χ0) is 54.1. The lowest BCUT2D eigenvalue weighted by molar-refractivity contribution is -0.404. The summed E-state index contributed by atoms with van der Waals surface area (Å²) >= 11 is 0. The molecule has 0 saturated carbocycles. The molecule has 0 amide bonds. The molecular weight excluding hydrogens is 1040 g/mol. The Labute approximate surface area is 419 Å². The van der Waals surface area contributed by atoms with Gasteiger partial charge in [0.25, 0.3) is 0 Å². The first-order valence-corrected chi connectivity index (χ1v) is 25.6. The van der Waals surface area contributed by atoms with Crippen LogP contribution in [0.25, 0.3) is 0 Å². The second kappa shape index (κ2) is 26.0. The van der Waals surface area contributed by atoms with Crippen LogP contribution >= 0.6 is 7.60 Å². The van der Waals surface area contributed by atoms with Gasteiger partial charge in [0.05, 0.1) is 39.6 Å². The van der Waals surface area contributed by atoms with E-state index in [1.165, 1.54) is 0 Å². The lowest BCUT2D eigenvalue weighted by Gasteiger charge is -2.51. The first-order valence-electron chi connectivity index (χ1n) is 23.8. The molecule has 22 rings (SSSR count). The average Bonchev–Trinajstić information content (AvgIpc) is 3.37. The fraction of sp³-hybridized carbons (Fsp3) is 1.00. The first-order chi connectivity index (χ1) is 35.1. The minimum atomic E-state index is -4.46. The fourth-order valence-corrected chi connectivity index (χ4v) is 10.4. The first kappa shape index (κ1) is 60.6. The molecule has 30 atom stereocenters.